The number of nitrogens with zero attached hydrogens (tertiary/aromatic N) is 1. The number of sulfonamides is 1. The van der Waals surface area contributed by atoms with Crippen LogP contribution in [0.5, 0.6) is 0 Å². The van der Waals surface area contributed by atoms with Gasteiger partial charge < -0.3 is 5.32 Å². The van der Waals surface area contributed by atoms with E-state index in [4.69, 9.17) is 11.6 Å². The van der Waals surface area contributed by atoms with Crippen molar-refractivity contribution in [2.75, 3.05) is 25.4 Å². The number of benzene rings is 1. The number of thioether (sulfide) groups is 1. The zero-order valence-electron chi connectivity index (χ0n) is 12.3. The van der Waals surface area contributed by atoms with E-state index >= 15 is 0 Å². The molecule has 1 aliphatic rings. The molecule has 1 saturated heterocycles. The lowest BCUT2D eigenvalue weighted by atomic mass is 10.2. The maximum absolute atomic E-state index is 12.8. The van der Waals surface area contributed by atoms with E-state index in [1.807, 2.05) is 13.0 Å². The van der Waals surface area contributed by atoms with E-state index in [0.717, 1.165) is 17.9 Å². The second kappa shape index (κ2) is 7.33. The first kappa shape index (κ1) is 17.1. The predicted octanol–water partition coefficient (Wildman–Crippen LogP) is 2.58. The van der Waals surface area contributed by atoms with Crippen LogP contribution >= 0.6 is 23.4 Å². The first-order valence-electron chi connectivity index (χ1n) is 7.06. The molecule has 1 aromatic carbocycles. The lowest BCUT2D eigenvalue weighted by molar-refractivity contribution is 0.424. The Morgan fingerprint density at radius 1 is 1.48 bits per heavy atom. The summed E-state index contributed by atoms with van der Waals surface area (Å²) in [7, 11) is -3.51. The van der Waals surface area contributed by atoms with Gasteiger partial charge in [0, 0.05) is 30.6 Å². The molecule has 118 valence electrons. The molecule has 1 fully saturated rings. The van der Waals surface area contributed by atoms with Gasteiger partial charge >= 0.3 is 0 Å². The molecule has 2 rings (SSSR count). The highest BCUT2D eigenvalue weighted by atomic mass is 35.5. The van der Waals surface area contributed by atoms with Gasteiger partial charge in [0.2, 0.25) is 10.0 Å². The third kappa shape index (κ3) is 4.13. The van der Waals surface area contributed by atoms with Crippen LogP contribution in [0.15, 0.2) is 23.1 Å². The Morgan fingerprint density at radius 2 is 2.24 bits per heavy atom. The van der Waals surface area contributed by atoms with E-state index < -0.39 is 10.0 Å². The van der Waals surface area contributed by atoms with Gasteiger partial charge in [-0.05, 0) is 24.2 Å². The molecule has 0 radical (unpaired) electrons. The summed E-state index contributed by atoms with van der Waals surface area (Å²) < 4.78 is 27.1. The van der Waals surface area contributed by atoms with Crippen molar-refractivity contribution in [3.05, 3.63) is 28.8 Å². The minimum Gasteiger partial charge on any atom is -0.313 e. The van der Waals surface area contributed by atoms with Crippen LogP contribution in [0.1, 0.15) is 19.4 Å². The quantitative estimate of drug-likeness (QED) is 0.888. The summed E-state index contributed by atoms with van der Waals surface area (Å²) in [6.07, 6.45) is 0. The standard InChI is InChI=1S/C14H21ClN2O2S2/c1-3-16-9-12-4-5-13(15)14(8-12)21(18,19)17-6-7-20-11(2)10-17/h4-5,8,11,16H,3,6-7,9-10H2,1-2H3. The number of hydrogen-bond donors (Lipinski definition) is 1. The van der Waals surface area contributed by atoms with E-state index in [9.17, 15) is 8.42 Å². The van der Waals surface area contributed by atoms with Gasteiger partial charge in [-0.1, -0.05) is 31.5 Å². The van der Waals surface area contributed by atoms with Crippen LogP contribution in [0.4, 0.5) is 0 Å². The SMILES string of the molecule is CCNCc1ccc(Cl)c(S(=O)(=O)N2CCSC(C)C2)c1. The van der Waals surface area contributed by atoms with Gasteiger partial charge in [0.25, 0.3) is 0 Å². The minimum absolute atomic E-state index is 0.221. The summed E-state index contributed by atoms with van der Waals surface area (Å²) in [6.45, 7) is 6.63. The molecule has 0 spiro atoms. The second-order valence-corrected chi connectivity index (χ2v) is 8.95. The largest absolute Gasteiger partial charge is 0.313 e. The molecule has 0 aromatic heterocycles. The zero-order valence-corrected chi connectivity index (χ0v) is 14.7. The maximum atomic E-state index is 12.8. The highest BCUT2D eigenvalue weighted by Crippen LogP contribution is 2.29. The highest BCUT2D eigenvalue weighted by molar-refractivity contribution is 8.00. The molecule has 4 nitrogen and oxygen atoms in total. The Kier molecular flexibility index (Phi) is 5.96. The normalized spacial score (nSPS) is 20.6. The Bertz CT molecular complexity index is 593. The maximum Gasteiger partial charge on any atom is 0.244 e. The summed E-state index contributed by atoms with van der Waals surface area (Å²) in [5.74, 6) is 0.828. The Hall–Kier alpha value is -0.270. The Labute approximate surface area is 136 Å². The lowest BCUT2D eigenvalue weighted by Crippen LogP contribution is -2.41. The van der Waals surface area contributed by atoms with Crippen LogP contribution in [-0.2, 0) is 16.6 Å². The van der Waals surface area contributed by atoms with Gasteiger partial charge in [0.05, 0.1) is 5.02 Å². The average Bonchev–Trinajstić information content (AvgIpc) is 2.46. The number of nitrogens with one attached hydrogen (secondary N) is 1. The molecule has 1 aromatic rings. The van der Waals surface area contributed by atoms with Gasteiger partial charge in [0.15, 0.2) is 0 Å². The van der Waals surface area contributed by atoms with Crippen LogP contribution in [0.2, 0.25) is 5.02 Å². The number of hydrogen-bond acceptors (Lipinski definition) is 4. The molecule has 0 bridgehead atoms. The van der Waals surface area contributed by atoms with Crippen LogP contribution in [0, 0.1) is 0 Å². The first-order chi connectivity index (χ1) is 9.95. The Balaban J connectivity index is 2.30. The summed E-state index contributed by atoms with van der Waals surface area (Å²) >= 11 is 7.94. The van der Waals surface area contributed by atoms with E-state index in [2.05, 4.69) is 12.2 Å². The van der Waals surface area contributed by atoms with Crippen molar-refractivity contribution < 1.29 is 8.42 Å². The van der Waals surface area contributed by atoms with Crippen molar-refractivity contribution in [1.29, 1.82) is 0 Å². The van der Waals surface area contributed by atoms with Gasteiger partial charge in [-0.25, -0.2) is 8.42 Å². The van der Waals surface area contributed by atoms with Crippen LogP contribution in [-0.4, -0.2) is 43.4 Å². The first-order valence-corrected chi connectivity index (χ1v) is 9.92. The van der Waals surface area contributed by atoms with Gasteiger partial charge in [-0.3, -0.25) is 0 Å². The predicted molar refractivity (Wildman–Crippen MR) is 89.5 cm³/mol. The molecule has 1 heterocycles. The third-order valence-corrected chi connectivity index (χ3v) is 6.88. The molecule has 21 heavy (non-hydrogen) atoms. The second-order valence-electron chi connectivity index (χ2n) is 5.09. The zero-order chi connectivity index (χ0) is 15.5. The van der Waals surface area contributed by atoms with Gasteiger partial charge in [-0.2, -0.15) is 16.1 Å². The van der Waals surface area contributed by atoms with Crippen LogP contribution in [0.3, 0.4) is 0 Å². The van der Waals surface area contributed by atoms with Crippen molar-refractivity contribution in [3.63, 3.8) is 0 Å². The van der Waals surface area contributed by atoms with Crippen molar-refractivity contribution in [3.8, 4) is 0 Å². The summed E-state index contributed by atoms with van der Waals surface area (Å²) in [6, 6.07) is 5.22. The molecular formula is C14H21ClN2O2S2. The summed E-state index contributed by atoms with van der Waals surface area (Å²) in [5, 5.41) is 3.80. The Morgan fingerprint density at radius 3 is 2.90 bits per heavy atom. The van der Waals surface area contributed by atoms with Gasteiger partial charge in [0.1, 0.15) is 4.90 Å². The fourth-order valence-corrected chi connectivity index (χ4v) is 5.55. The molecule has 0 saturated carbocycles. The van der Waals surface area contributed by atoms with Crippen molar-refractivity contribution in [2.45, 2.75) is 30.5 Å². The van der Waals surface area contributed by atoms with E-state index in [-0.39, 0.29) is 4.90 Å². The lowest BCUT2D eigenvalue weighted by Gasteiger charge is -2.30. The van der Waals surface area contributed by atoms with Crippen molar-refractivity contribution in [1.82, 2.24) is 9.62 Å². The molecule has 0 amide bonds. The number of halogens is 1. The van der Waals surface area contributed by atoms with E-state index in [1.54, 1.807) is 28.2 Å². The molecule has 1 N–H and O–H groups in total. The van der Waals surface area contributed by atoms with Crippen molar-refractivity contribution in [2.24, 2.45) is 0 Å². The third-order valence-electron chi connectivity index (χ3n) is 3.40. The molecular weight excluding hydrogens is 328 g/mol. The topological polar surface area (TPSA) is 49.4 Å². The number of rotatable bonds is 5. The molecule has 1 atom stereocenters. The fourth-order valence-electron chi connectivity index (χ4n) is 2.27. The molecule has 1 unspecified atom stereocenters. The summed E-state index contributed by atoms with van der Waals surface area (Å²) in [5.41, 5.74) is 0.930. The van der Waals surface area contributed by atoms with Crippen LogP contribution in [0.25, 0.3) is 0 Å². The van der Waals surface area contributed by atoms with E-state index in [0.29, 0.717) is 29.9 Å². The minimum atomic E-state index is -3.51. The highest BCUT2D eigenvalue weighted by Gasteiger charge is 2.30. The van der Waals surface area contributed by atoms with Crippen LogP contribution < -0.4 is 5.32 Å². The molecule has 7 heteroatoms. The fraction of sp³-hybridized carbons (Fsp3) is 0.571. The molecule has 0 aliphatic carbocycles. The monoisotopic (exact) mass is 348 g/mol. The van der Waals surface area contributed by atoms with Crippen molar-refractivity contribution >= 4 is 33.4 Å². The molecule has 1 aliphatic heterocycles. The van der Waals surface area contributed by atoms with Gasteiger partial charge in [-0.15, -0.1) is 0 Å². The summed E-state index contributed by atoms with van der Waals surface area (Å²) in [4.78, 5) is 0.221. The van der Waals surface area contributed by atoms with E-state index in [1.165, 1.54) is 0 Å². The smallest absolute Gasteiger partial charge is 0.244 e. The average molecular weight is 349 g/mol.